The average Bonchev–Trinajstić information content (AvgIpc) is 2.32. The Morgan fingerprint density at radius 2 is 2.12 bits per heavy atom. The summed E-state index contributed by atoms with van der Waals surface area (Å²) in [7, 11) is 0. The number of ether oxygens (including phenoxy) is 1. The van der Waals surface area contributed by atoms with E-state index in [9.17, 15) is 0 Å². The summed E-state index contributed by atoms with van der Waals surface area (Å²) >= 11 is 0. The first-order valence-electron chi connectivity index (χ1n) is 5.53. The first-order valence-corrected chi connectivity index (χ1v) is 5.53. The second kappa shape index (κ2) is 4.82. The molecule has 0 aliphatic carbocycles. The van der Waals surface area contributed by atoms with Crippen LogP contribution in [0.3, 0.4) is 0 Å². The number of hydrogen-bond acceptors (Lipinski definition) is 4. The molecule has 88 valence electrons. The molecule has 4 nitrogen and oxygen atoms in total. The van der Waals surface area contributed by atoms with E-state index in [1.54, 1.807) is 12.3 Å². The summed E-state index contributed by atoms with van der Waals surface area (Å²) in [4.78, 5) is 8.38. The molecule has 0 unspecified atom stereocenters. The molecule has 0 spiro atoms. The molecule has 0 atom stereocenters. The second-order valence-electron chi connectivity index (χ2n) is 3.72. The summed E-state index contributed by atoms with van der Waals surface area (Å²) in [6.45, 7) is 4.63. The largest absolute Gasteiger partial charge is 0.494 e. The van der Waals surface area contributed by atoms with Gasteiger partial charge in [-0.3, -0.25) is 0 Å². The molecule has 0 aliphatic rings. The predicted molar refractivity (Wildman–Crippen MR) is 67.8 cm³/mol. The van der Waals surface area contributed by atoms with Gasteiger partial charge in [0.25, 0.3) is 0 Å². The van der Waals surface area contributed by atoms with Crippen LogP contribution in [0.1, 0.15) is 12.5 Å². The van der Waals surface area contributed by atoms with Crippen LogP contribution < -0.4 is 10.5 Å². The summed E-state index contributed by atoms with van der Waals surface area (Å²) < 4.78 is 5.49. The van der Waals surface area contributed by atoms with Crippen molar-refractivity contribution >= 4 is 5.82 Å². The molecule has 0 amide bonds. The van der Waals surface area contributed by atoms with E-state index in [0.717, 1.165) is 16.9 Å². The van der Waals surface area contributed by atoms with Gasteiger partial charge in [0.05, 0.1) is 6.61 Å². The molecule has 2 rings (SSSR count). The molecule has 4 heteroatoms. The number of hydrogen-bond donors (Lipinski definition) is 1. The standard InChI is InChI=1S/C13H15N3O/c1-3-17-11-5-4-10(8-9(11)2)13-15-7-6-12(14)16-13/h4-8H,3H2,1-2H3,(H2,14,15,16). The molecule has 0 fully saturated rings. The summed E-state index contributed by atoms with van der Waals surface area (Å²) in [6.07, 6.45) is 1.66. The molecular weight excluding hydrogens is 214 g/mol. The Balaban J connectivity index is 2.37. The second-order valence-corrected chi connectivity index (χ2v) is 3.72. The van der Waals surface area contributed by atoms with Crippen molar-refractivity contribution in [1.82, 2.24) is 9.97 Å². The van der Waals surface area contributed by atoms with Crippen molar-refractivity contribution in [2.75, 3.05) is 12.3 Å². The maximum Gasteiger partial charge on any atom is 0.161 e. The van der Waals surface area contributed by atoms with Crippen LogP contribution in [0.15, 0.2) is 30.5 Å². The normalized spacial score (nSPS) is 10.2. The highest BCUT2D eigenvalue weighted by atomic mass is 16.5. The number of aryl methyl sites for hydroxylation is 1. The third-order valence-electron chi connectivity index (χ3n) is 2.41. The van der Waals surface area contributed by atoms with E-state index in [1.165, 1.54) is 0 Å². The molecule has 1 aromatic heterocycles. The van der Waals surface area contributed by atoms with Gasteiger partial charge >= 0.3 is 0 Å². The van der Waals surface area contributed by atoms with E-state index in [4.69, 9.17) is 10.5 Å². The first-order chi connectivity index (χ1) is 8.20. The third-order valence-corrected chi connectivity index (χ3v) is 2.41. The lowest BCUT2D eigenvalue weighted by Crippen LogP contribution is -1.97. The minimum absolute atomic E-state index is 0.474. The Bertz CT molecular complexity index is 526. The van der Waals surface area contributed by atoms with Crippen molar-refractivity contribution < 1.29 is 4.74 Å². The van der Waals surface area contributed by atoms with Gasteiger partial charge in [-0.25, -0.2) is 9.97 Å². The number of benzene rings is 1. The molecule has 2 aromatic rings. The number of rotatable bonds is 3. The fraction of sp³-hybridized carbons (Fsp3) is 0.231. The number of anilines is 1. The summed E-state index contributed by atoms with van der Waals surface area (Å²) in [5.74, 6) is 2.00. The van der Waals surface area contributed by atoms with Crippen molar-refractivity contribution in [3.05, 3.63) is 36.0 Å². The quantitative estimate of drug-likeness (QED) is 0.878. The lowest BCUT2D eigenvalue weighted by Gasteiger charge is -2.08. The maximum atomic E-state index is 5.64. The monoisotopic (exact) mass is 229 g/mol. The van der Waals surface area contributed by atoms with E-state index in [1.807, 2.05) is 32.0 Å². The predicted octanol–water partition coefficient (Wildman–Crippen LogP) is 2.43. The fourth-order valence-corrected chi connectivity index (χ4v) is 1.62. The smallest absolute Gasteiger partial charge is 0.161 e. The SMILES string of the molecule is CCOc1ccc(-c2nccc(N)n2)cc1C. The van der Waals surface area contributed by atoms with E-state index >= 15 is 0 Å². The van der Waals surface area contributed by atoms with Crippen LogP contribution >= 0.6 is 0 Å². The number of nitrogen functional groups attached to an aromatic ring is 1. The highest BCUT2D eigenvalue weighted by Crippen LogP contribution is 2.24. The van der Waals surface area contributed by atoms with Crippen LogP contribution in [0.2, 0.25) is 0 Å². The Hall–Kier alpha value is -2.10. The zero-order chi connectivity index (χ0) is 12.3. The van der Waals surface area contributed by atoms with Crippen LogP contribution in [0.5, 0.6) is 5.75 Å². The highest BCUT2D eigenvalue weighted by molar-refractivity contribution is 5.59. The van der Waals surface area contributed by atoms with Crippen LogP contribution in [-0.2, 0) is 0 Å². The van der Waals surface area contributed by atoms with Gasteiger partial charge in [0.2, 0.25) is 0 Å². The highest BCUT2D eigenvalue weighted by Gasteiger charge is 2.05. The van der Waals surface area contributed by atoms with Gasteiger partial charge in [0.15, 0.2) is 5.82 Å². The van der Waals surface area contributed by atoms with Gasteiger partial charge in [-0.05, 0) is 43.7 Å². The zero-order valence-electron chi connectivity index (χ0n) is 9.97. The Labute approximate surface area is 100 Å². The number of nitrogens with two attached hydrogens (primary N) is 1. The van der Waals surface area contributed by atoms with Gasteiger partial charge in [-0.2, -0.15) is 0 Å². The minimum Gasteiger partial charge on any atom is -0.494 e. The molecule has 0 radical (unpaired) electrons. The molecule has 0 bridgehead atoms. The fourth-order valence-electron chi connectivity index (χ4n) is 1.62. The third kappa shape index (κ3) is 2.53. The van der Waals surface area contributed by atoms with Gasteiger partial charge in [0.1, 0.15) is 11.6 Å². The van der Waals surface area contributed by atoms with Crippen molar-refractivity contribution in [2.24, 2.45) is 0 Å². The van der Waals surface area contributed by atoms with E-state index in [2.05, 4.69) is 9.97 Å². The van der Waals surface area contributed by atoms with E-state index < -0.39 is 0 Å². The molecule has 0 saturated heterocycles. The maximum absolute atomic E-state index is 5.64. The van der Waals surface area contributed by atoms with Crippen LogP contribution in [0.4, 0.5) is 5.82 Å². The van der Waals surface area contributed by atoms with Gasteiger partial charge in [-0.15, -0.1) is 0 Å². The topological polar surface area (TPSA) is 61.0 Å². The number of nitrogens with zero attached hydrogens (tertiary/aromatic N) is 2. The molecule has 1 heterocycles. The molecular formula is C13H15N3O. The Morgan fingerprint density at radius 1 is 1.29 bits per heavy atom. The summed E-state index contributed by atoms with van der Waals surface area (Å²) in [6, 6.07) is 7.54. The Kier molecular flexibility index (Phi) is 3.23. The molecule has 0 aliphatic heterocycles. The van der Waals surface area contributed by atoms with Crippen molar-refractivity contribution in [3.8, 4) is 17.1 Å². The summed E-state index contributed by atoms with van der Waals surface area (Å²) in [5.41, 5.74) is 7.64. The Morgan fingerprint density at radius 3 is 2.76 bits per heavy atom. The van der Waals surface area contributed by atoms with Gasteiger partial charge < -0.3 is 10.5 Å². The van der Waals surface area contributed by atoms with E-state index in [0.29, 0.717) is 18.2 Å². The lowest BCUT2D eigenvalue weighted by atomic mass is 10.1. The van der Waals surface area contributed by atoms with Crippen molar-refractivity contribution in [3.63, 3.8) is 0 Å². The van der Waals surface area contributed by atoms with Crippen molar-refractivity contribution in [1.29, 1.82) is 0 Å². The van der Waals surface area contributed by atoms with E-state index in [-0.39, 0.29) is 0 Å². The van der Waals surface area contributed by atoms with Crippen LogP contribution in [0.25, 0.3) is 11.4 Å². The average molecular weight is 229 g/mol. The summed E-state index contributed by atoms with van der Waals surface area (Å²) in [5, 5.41) is 0. The molecule has 0 saturated carbocycles. The zero-order valence-corrected chi connectivity index (χ0v) is 9.97. The van der Waals surface area contributed by atoms with Gasteiger partial charge in [0, 0.05) is 11.8 Å². The van der Waals surface area contributed by atoms with Crippen LogP contribution in [-0.4, -0.2) is 16.6 Å². The number of aromatic nitrogens is 2. The lowest BCUT2D eigenvalue weighted by molar-refractivity contribution is 0.338. The molecule has 2 N–H and O–H groups in total. The first kappa shape index (κ1) is 11.4. The molecule has 1 aromatic carbocycles. The van der Waals surface area contributed by atoms with Crippen molar-refractivity contribution in [2.45, 2.75) is 13.8 Å². The minimum atomic E-state index is 0.474. The van der Waals surface area contributed by atoms with Crippen LogP contribution in [0, 0.1) is 6.92 Å². The molecule has 17 heavy (non-hydrogen) atoms. The van der Waals surface area contributed by atoms with Gasteiger partial charge in [-0.1, -0.05) is 0 Å².